The zero-order valence-electron chi connectivity index (χ0n) is 10.1. The molecule has 1 aromatic rings. The summed E-state index contributed by atoms with van der Waals surface area (Å²) in [5, 5.41) is 17.8. The molecule has 1 aliphatic rings. The first-order chi connectivity index (χ1) is 8.65. The lowest BCUT2D eigenvalue weighted by molar-refractivity contribution is -0.380. The Morgan fingerprint density at radius 2 is 2.61 bits per heavy atom. The van der Waals surface area contributed by atoms with Crippen molar-refractivity contribution in [2.24, 2.45) is 0 Å². The highest BCUT2D eigenvalue weighted by molar-refractivity contribution is 7.18. The van der Waals surface area contributed by atoms with Crippen LogP contribution in [0.4, 0.5) is 10.1 Å². The van der Waals surface area contributed by atoms with Crippen LogP contribution in [0.2, 0.25) is 0 Å². The van der Waals surface area contributed by atoms with E-state index in [-0.39, 0.29) is 10.5 Å². The minimum absolute atomic E-state index is 0.0534. The Hall–Kier alpha value is -1.25. The first kappa shape index (κ1) is 13.2. The number of hydrogen-bond donors (Lipinski definition) is 2. The second-order valence-corrected chi connectivity index (χ2v) is 5.37. The lowest BCUT2D eigenvalue weighted by Gasteiger charge is -2.28. The number of nitrogens with one attached hydrogen (secondary N) is 2. The largest absolute Gasteiger partial charge is 0.383 e. The Labute approximate surface area is 109 Å². The van der Waals surface area contributed by atoms with Gasteiger partial charge in [-0.2, -0.15) is 0 Å². The molecule has 100 valence electrons. The molecule has 0 aliphatic carbocycles. The fraction of sp³-hybridized carbons (Fsp3) is 0.700. The Balaban J connectivity index is 1.94. The summed E-state index contributed by atoms with van der Waals surface area (Å²) in [6.45, 7) is 2.25. The summed E-state index contributed by atoms with van der Waals surface area (Å²) in [4.78, 5) is 14.1. The van der Waals surface area contributed by atoms with E-state index in [0.29, 0.717) is 18.3 Å². The first-order valence-electron chi connectivity index (χ1n) is 5.73. The molecule has 0 radical (unpaired) electrons. The first-order valence-corrected chi connectivity index (χ1v) is 6.55. The molecule has 7 nitrogen and oxygen atoms in total. The molecule has 2 N–H and O–H groups in total. The lowest BCUT2D eigenvalue weighted by Crippen LogP contribution is -2.49. The third kappa shape index (κ3) is 2.95. The van der Waals surface area contributed by atoms with E-state index in [9.17, 15) is 10.1 Å². The molecule has 1 fully saturated rings. The summed E-state index contributed by atoms with van der Waals surface area (Å²) in [6.07, 6.45) is 3.42. The van der Waals surface area contributed by atoms with Gasteiger partial charge in [-0.1, -0.05) is 0 Å². The molecule has 1 unspecified atom stereocenters. The Kier molecular flexibility index (Phi) is 4.10. The second-order valence-electron chi connectivity index (χ2n) is 4.36. The minimum atomic E-state index is -0.429. The highest BCUT2D eigenvalue weighted by atomic mass is 32.1. The van der Waals surface area contributed by atoms with Crippen LogP contribution in [0.1, 0.15) is 12.8 Å². The van der Waals surface area contributed by atoms with Gasteiger partial charge in [0.15, 0.2) is 5.13 Å². The molecule has 2 rings (SSSR count). The summed E-state index contributed by atoms with van der Waals surface area (Å²) >= 11 is 1.05. The fourth-order valence-electron chi connectivity index (χ4n) is 2.15. The van der Waals surface area contributed by atoms with Crippen molar-refractivity contribution in [3.05, 3.63) is 16.3 Å². The van der Waals surface area contributed by atoms with Crippen LogP contribution < -0.4 is 10.6 Å². The van der Waals surface area contributed by atoms with Crippen molar-refractivity contribution in [2.45, 2.75) is 18.4 Å². The quantitative estimate of drug-likeness (QED) is 0.598. The van der Waals surface area contributed by atoms with E-state index in [0.717, 1.165) is 30.7 Å². The number of thiazole rings is 1. The minimum Gasteiger partial charge on any atom is -0.383 e. The van der Waals surface area contributed by atoms with Crippen LogP contribution in [-0.2, 0) is 4.74 Å². The van der Waals surface area contributed by atoms with Gasteiger partial charge in [0.1, 0.15) is 6.20 Å². The molecule has 1 saturated heterocycles. The summed E-state index contributed by atoms with van der Waals surface area (Å²) in [5.74, 6) is 0. The molecule has 0 amide bonds. The van der Waals surface area contributed by atoms with Gasteiger partial charge in [0.2, 0.25) is 0 Å². The van der Waals surface area contributed by atoms with Crippen LogP contribution in [-0.4, -0.2) is 42.3 Å². The standard InChI is InChI=1S/C10H16N4O3S/c1-17-7-10(3-2-4-13-10)6-12-9-11-5-8(18-9)14(15)16/h5,13H,2-4,6-7H2,1H3,(H,11,12). The van der Waals surface area contributed by atoms with E-state index in [4.69, 9.17) is 4.74 Å². The third-order valence-electron chi connectivity index (χ3n) is 3.00. The van der Waals surface area contributed by atoms with E-state index < -0.39 is 4.92 Å². The number of aromatic nitrogens is 1. The molecule has 1 aromatic heterocycles. The summed E-state index contributed by atoms with van der Waals surface area (Å²) in [6, 6.07) is 0. The molecule has 8 heteroatoms. The van der Waals surface area contributed by atoms with Gasteiger partial charge < -0.3 is 15.4 Å². The topological polar surface area (TPSA) is 89.3 Å². The molecule has 1 atom stereocenters. The Bertz CT molecular complexity index is 417. The van der Waals surface area contributed by atoms with Gasteiger partial charge >= 0.3 is 5.00 Å². The zero-order valence-corrected chi connectivity index (χ0v) is 11.0. The number of nitro groups is 1. The SMILES string of the molecule is COCC1(CNc2ncc([N+](=O)[O-])s2)CCCN1. The second kappa shape index (κ2) is 5.59. The number of hydrogen-bond acceptors (Lipinski definition) is 7. The van der Waals surface area contributed by atoms with E-state index in [1.165, 1.54) is 6.20 Å². The predicted octanol–water partition coefficient (Wildman–Crippen LogP) is 1.23. The van der Waals surface area contributed by atoms with Crippen molar-refractivity contribution in [1.29, 1.82) is 0 Å². The van der Waals surface area contributed by atoms with E-state index in [1.807, 2.05) is 0 Å². The molecular formula is C10H16N4O3S. The van der Waals surface area contributed by atoms with Crippen LogP contribution in [0.15, 0.2) is 6.20 Å². The van der Waals surface area contributed by atoms with Crippen LogP contribution in [0.25, 0.3) is 0 Å². The molecule has 2 heterocycles. The smallest absolute Gasteiger partial charge is 0.345 e. The number of methoxy groups -OCH3 is 1. The van der Waals surface area contributed by atoms with Crippen LogP contribution in [0.3, 0.4) is 0 Å². The molecule has 0 aromatic carbocycles. The molecule has 0 bridgehead atoms. The predicted molar refractivity (Wildman–Crippen MR) is 69.1 cm³/mol. The van der Waals surface area contributed by atoms with Crippen LogP contribution >= 0.6 is 11.3 Å². The lowest BCUT2D eigenvalue weighted by atomic mass is 9.99. The molecule has 0 spiro atoms. The molecule has 18 heavy (non-hydrogen) atoms. The van der Waals surface area contributed by atoms with Crippen molar-refractivity contribution in [3.8, 4) is 0 Å². The van der Waals surface area contributed by atoms with E-state index >= 15 is 0 Å². The van der Waals surface area contributed by atoms with Crippen molar-refractivity contribution in [2.75, 3.05) is 32.1 Å². The van der Waals surface area contributed by atoms with Gasteiger partial charge in [-0.25, -0.2) is 4.98 Å². The van der Waals surface area contributed by atoms with Gasteiger partial charge in [-0.05, 0) is 30.7 Å². The van der Waals surface area contributed by atoms with Crippen molar-refractivity contribution >= 4 is 21.5 Å². The van der Waals surface area contributed by atoms with Crippen molar-refractivity contribution < 1.29 is 9.66 Å². The summed E-state index contributed by atoms with van der Waals surface area (Å²) in [7, 11) is 1.68. The number of nitrogens with zero attached hydrogens (tertiary/aromatic N) is 2. The van der Waals surface area contributed by atoms with Crippen molar-refractivity contribution in [3.63, 3.8) is 0 Å². The van der Waals surface area contributed by atoms with Crippen LogP contribution in [0.5, 0.6) is 0 Å². The van der Waals surface area contributed by atoms with E-state index in [2.05, 4.69) is 15.6 Å². The highest BCUT2D eigenvalue weighted by Crippen LogP contribution is 2.26. The van der Waals surface area contributed by atoms with Gasteiger partial charge in [0.05, 0.1) is 17.1 Å². The maximum Gasteiger partial charge on any atom is 0.345 e. The number of anilines is 1. The van der Waals surface area contributed by atoms with Gasteiger partial charge in [-0.15, -0.1) is 0 Å². The maximum atomic E-state index is 10.6. The molecule has 0 saturated carbocycles. The fourth-order valence-corrected chi connectivity index (χ4v) is 2.77. The normalized spacial score (nSPS) is 23.2. The Morgan fingerprint density at radius 1 is 1.78 bits per heavy atom. The Morgan fingerprint density at radius 3 is 3.17 bits per heavy atom. The number of ether oxygens (including phenoxy) is 1. The summed E-state index contributed by atoms with van der Waals surface area (Å²) in [5.41, 5.74) is -0.0881. The monoisotopic (exact) mass is 272 g/mol. The highest BCUT2D eigenvalue weighted by Gasteiger charge is 2.33. The van der Waals surface area contributed by atoms with Crippen LogP contribution in [0, 0.1) is 10.1 Å². The number of rotatable bonds is 6. The maximum absolute atomic E-state index is 10.6. The van der Waals surface area contributed by atoms with Gasteiger partial charge in [0.25, 0.3) is 0 Å². The van der Waals surface area contributed by atoms with Crippen molar-refractivity contribution in [1.82, 2.24) is 10.3 Å². The van der Waals surface area contributed by atoms with E-state index in [1.54, 1.807) is 7.11 Å². The zero-order chi connectivity index (χ0) is 13.0. The average molecular weight is 272 g/mol. The van der Waals surface area contributed by atoms with Gasteiger partial charge in [-0.3, -0.25) is 10.1 Å². The molecular weight excluding hydrogens is 256 g/mol. The summed E-state index contributed by atoms with van der Waals surface area (Å²) < 4.78 is 5.23. The average Bonchev–Trinajstić information content (AvgIpc) is 2.96. The third-order valence-corrected chi connectivity index (χ3v) is 3.91. The molecule has 1 aliphatic heterocycles. The van der Waals surface area contributed by atoms with Gasteiger partial charge in [0, 0.05) is 13.7 Å².